The van der Waals surface area contributed by atoms with Crippen LogP contribution < -0.4 is 0 Å². The Morgan fingerprint density at radius 3 is 2.30 bits per heavy atom. The van der Waals surface area contributed by atoms with Crippen molar-refractivity contribution >= 4 is 11.9 Å². The van der Waals surface area contributed by atoms with Gasteiger partial charge in [-0.3, -0.25) is 9.59 Å². The number of hydrogen-bond acceptors (Lipinski definition) is 3. The fourth-order valence-corrected chi connectivity index (χ4v) is 3.48. The molecule has 0 unspecified atom stereocenters. The predicted octanol–water partition coefficient (Wildman–Crippen LogP) is 2.82. The highest BCUT2D eigenvalue weighted by Gasteiger charge is 2.53. The number of halogens is 3. The summed E-state index contributed by atoms with van der Waals surface area (Å²) in [5.74, 6) is -5.94. The van der Waals surface area contributed by atoms with Crippen LogP contribution in [0.4, 0.5) is 13.2 Å². The molecule has 1 fully saturated rings. The predicted molar refractivity (Wildman–Crippen MR) is 89.6 cm³/mol. The number of carbonyl (C=O) groups excluding carboxylic acids is 1. The van der Waals surface area contributed by atoms with E-state index in [1.807, 2.05) is 6.07 Å². The molecule has 0 radical (unpaired) electrons. The first-order valence-electron chi connectivity index (χ1n) is 8.31. The zero-order valence-electron chi connectivity index (χ0n) is 14.7. The maximum absolute atomic E-state index is 13.2. The van der Waals surface area contributed by atoms with Gasteiger partial charge in [-0.15, -0.1) is 0 Å². The van der Waals surface area contributed by atoms with E-state index in [0.717, 1.165) is 10.6 Å². The van der Waals surface area contributed by atoms with Crippen molar-refractivity contribution in [3.05, 3.63) is 47.3 Å². The van der Waals surface area contributed by atoms with Crippen molar-refractivity contribution in [2.75, 3.05) is 13.1 Å². The molecule has 1 aromatic heterocycles. The van der Waals surface area contributed by atoms with Gasteiger partial charge in [-0.2, -0.15) is 18.3 Å². The monoisotopic (exact) mass is 381 g/mol. The largest absolute Gasteiger partial charge is 0.481 e. The highest BCUT2D eigenvalue weighted by atomic mass is 19.4. The van der Waals surface area contributed by atoms with E-state index in [1.54, 1.807) is 42.8 Å². The first kappa shape index (κ1) is 18.9. The lowest BCUT2D eigenvalue weighted by molar-refractivity contribution is -0.187. The van der Waals surface area contributed by atoms with Gasteiger partial charge in [-0.1, -0.05) is 18.2 Å². The number of aryl methyl sites for hydroxylation is 1. The lowest BCUT2D eigenvalue weighted by Crippen LogP contribution is -2.34. The molecule has 27 heavy (non-hydrogen) atoms. The number of para-hydroxylation sites is 1. The van der Waals surface area contributed by atoms with E-state index in [-0.39, 0.29) is 5.56 Å². The van der Waals surface area contributed by atoms with Crippen LogP contribution >= 0.6 is 0 Å². The third-order valence-corrected chi connectivity index (χ3v) is 4.85. The molecule has 3 rings (SSSR count). The smallest absolute Gasteiger partial charge is 0.394 e. The Hall–Kier alpha value is -2.84. The second-order valence-corrected chi connectivity index (χ2v) is 6.60. The van der Waals surface area contributed by atoms with Gasteiger partial charge in [0, 0.05) is 13.1 Å². The van der Waals surface area contributed by atoms with Crippen molar-refractivity contribution in [1.29, 1.82) is 0 Å². The number of alkyl halides is 3. The molecule has 6 nitrogen and oxygen atoms in total. The molecule has 1 aromatic carbocycles. The number of rotatable bonds is 3. The third kappa shape index (κ3) is 3.41. The molecule has 0 aliphatic carbocycles. The van der Waals surface area contributed by atoms with Gasteiger partial charge >= 0.3 is 12.1 Å². The van der Waals surface area contributed by atoms with Crippen LogP contribution in [-0.4, -0.2) is 50.9 Å². The molecule has 0 spiro atoms. The molecule has 1 saturated heterocycles. The van der Waals surface area contributed by atoms with Crippen molar-refractivity contribution in [2.45, 2.75) is 20.0 Å². The highest BCUT2D eigenvalue weighted by Crippen LogP contribution is 2.38. The second kappa shape index (κ2) is 6.71. The quantitative estimate of drug-likeness (QED) is 0.887. The minimum absolute atomic E-state index is 0.200. The van der Waals surface area contributed by atoms with Crippen molar-refractivity contribution in [3.8, 4) is 5.69 Å². The summed E-state index contributed by atoms with van der Waals surface area (Å²) in [6.45, 7) is 2.11. The maximum Gasteiger partial charge on any atom is 0.394 e. The van der Waals surface area contributed by atoms with E-state index in [1.165, 1.54) is 0 Å². The Balaban J connectivity index is 1.93. The SMILES string of the molecule is Cc1nn(-c2ccccc2)c(C)c1C(=O)N1C[C@@H](C(F)(F)F)[C@H](C(=O)O)C1. The fraction of sp³-hybridized carbons (Fsp3) is 0.389. The molecule has 1 aliphatic rings. The molecule has 0 bridgehead atoms. The van der Waals surface area contributed by atoms with Crippen LogP contribution in [0.5, 0.6) is 0 Å². The zero-order valence-corrected chi connectivity index (χ0v) is 14.7. The summed E-state index contributed by atoms with van der Waals surface area (Å²) in [7, 11) is 0. The van der Waals surface area contributed by atoms with Crippen LogP contribution in [0.15, 0.2) is 30.3 Å². The fourth-order valence-electron chi connectivity index (χ4n) is 3.48. The molecule has 1 amide bonds. The second-order valence-electron chi connectivity index (χ2n) is 6.60. The van der Waals surface area contributed by atoms with Gasteiger partial charge in [-0.05, 0) is 26.0 Å². The molecule has 144 valence electrons. The van der Waals surface area contributed by atoms with Gasteiger partial charge in [0.1, 0.15) is 0 Å². The molecule has 2 aromatic rings. The summed E-state index contributed by atoms with van der Waals surface area (Å²) >= 11 is 0. The number of nitrogens with zero attached hydrogens (tertiary/aromatic N) is 3. The van der Waals surface area contributed by atoms with Crippen LogP contribution in [0, 0.1) is 25.7 Å². The van der Waals surface area contributed by atoms with Gasteiger partial charge < -0.3 is 10.0 Å². The number of carboxylic acid groups (broad SMARTS) is 1. The lowest BCUT2D eigenvalue weighted by atomic mass is 9.96. The molecule has 1 aliphatic heterocycles. The number of aliphatic carboxylic acids is 1. The lowest BCUT2D eigenvalue weighted by Gasteiger charge is -2.18. The molecule has 2 heterocycles. The van der Waals surface area contributed by atoms with Crippen LogP contribution in [0.2, 0.25) is 0 Å². The Labute approximate surface area is 153 Å². The van der Waals surface area contributed by atoms with Gasteiger partial charge in [0.05, 0.1) is 34.5 Å². The summed E-state index contributed by atoms with van der Waals surface area (Å²) in [5, 5.41) is 13.5. The Morgan fingerprint density at radius 2 is 1.78 bits per heavy atom. The van der Waals surface area contributed by atoms with E-state index in [0.29, 0.717) is 11.4 Å². The van der Waals surface area contributed by atoms with Gasteiger partial charge in [-0.25, -0.2) is 4.68 Å². The molecule has 2 atom stereocenters. The van der Waals surface area contributed by atoms with E-state index in [2.05, 4.69) is 5.10 Å². The number of carboxylic acids is 1. The highest BCUT2D eigenvalue weighted by molar-refractivity contribution is 5.97. The summed E-state index contributed by atoms with van der Waals surface area (Å²) in [6, 6.07) is 9.03. The minimum Gasteiger partial charge on any atom is -0.481 e. The summed E-state index contributed by atoms with van der Waals surface area (Å²) in [4.78, 5) is 25.1. The zero-order chi connectivity index (χ0) is 19.9. The van der Waals surface area contributed by atoms with Crippen LogP contribution in [0.25, 0.3) is 5.69 Å². The van der Waals surface area contributed by atoms with Gasteiger partial charge in [0.2, 0.25) is 0 Å². The van der Waals surface area contributed by atoms with E-state index >= 15 is 0 Å². The normalized spacial score (nSPS) is 20.1. The standard InChI is InChI=1S/C18H18F3N3O3/c1-10-15(11(2)24(22-10)12-6-4-3-5-7-12)16(25)23-8-13(17(26)27)14(9-23)18(19,20)21/h3-7,13-14H,8-9H2,1-2H3,(H,26,27)/t13-,14-/m1/s1. The maximum atomic E-state index is 13.2. The van der Waals surface area contributed by atoms with Gasteiger partial charge in [0.15, 0.2) is 0 Å². The number of carbonyl (C=O) groups is 2. The topological polar surface area (TPSA) is 75.4 Å². The van der Waals surface area contributed by atoms with Crippen LogP contribution in [0.1, 0.15) is 21.7 Å². The Kier molecular flexibility index (Phi) is 4.71. The Morgan fingerprint density at radius 1 is 1.15 bits per heavy atom. The third-order valence-electron chi connectivity index (χ3n) is 4.85. The first-order chi connectivity index (χ1) is 12.6. The molecule has 0 saturated carbocycles. The average Bonchev–Trinajstić information content (AvgIpc) is 3.17. The Bertz CT molecular complexity index is 877. The average molecular weight is 381 g/mol. The van der Waals surface area contributed by atoms with Crippen molar-refractivity contribution < 1.29 is 27.9 Å². The number of amides is 1. The van der Waals surface area contributed by atoms with Crippen LogP contribution in [0.3, 0.4) is 0 Å². The van der Waals surface area contributed by atoms with Crippen LogP contribution in [-0.2, 0) is 4.79 Å². The molecular formula is C18H18F3N3O3. The van der Waals surface area contributed by atoms with E-state index in [9.17, 15) is 22.8 Å². The minimum atomic E-state index is -4.68. The van der Waals surface area contributed by atoms with Gasteiger partial charge in [0.25, 0.3) is 5.91 Å². The van der Waals surface area contributed by atoms with E-state index in [4.69, 9.17) is 5.11 Å². The summed E-state index contributed by atoms with van der Waals surface area (Å²) in [6.07, 6.45) is -4.68. The number of hydrogen-bond donors (Lipinski definition) is 1. The number of benzene rings is 1. The molecule has 9 heteroatoms. The summed E-state index contributed by atoms with van der Waals surface area (Å²) in [5.41, 5.74) is 1.79. The summed E-state index contributed by atoms with van der Waals surface area (Å²) < 4.78 is 41.1. The number of aromatic nitrogens is 2. The van der Waals surface area contributed by atoms with E-state index < -0.39 is 43.0 Å². The first-order valence-corrected chi connectivity index (χ1v) is 8.31. The van der Waals surface area contributed by atoms with Crippen molar-refractivity contribution in [1.82, 2.24) is 14.7 Å². The van der Waals surface area contributed by atoms with Crippen molar-refractivity contribution in [3.63, 3.8) is 0 Å². The van der Waals surface area contributed by atoms with Crippen molar-refractivity contribution in [2.24, 2.45) is 11.8 Å². The number of likely N-dealkylation sites (tertiary alicyclic amines) is 1. The molecular weight excluding hydrogens is 363 g/mol. The molecule has 1 N–H and O–H groups in total.